The number of rotatable bonds is 11. The largest absolute Gasteiger partial charge is 0.469 e. The Balaban J connectivity index is 2.94. The molecule has 0 aromatic carbocycles. The molecule has 0 spiro atoms. The van der Waals surface area contributed by atoms with Crippen LogP contribution in [0.2, 0.25) is 0 Å². The van der Waals surface area contributed by atoms with Crippen molar-refractivity contribution in [2.45, 2.75) is 66.5 Å². The molecule has 2 amide bonds. The summed E-state index contributed by atoms with van der Waals surface area (Å²) < 4.78 is 4.86. The molecule has 0 radical (unpaired) electrons. The monoisotopic (exact) mass is 419 g/mol. The lowest BCUT2D eigenvalue weighted by molar-refractivity contribution is -0.146. The fourth-order valence-electron chi connectivity index (χ4n) is 3.38. The number of nitrogens with zero attached hydrogens (tertiary/aromatic N) is 1. The van der Waals surface area contributed by atoms with Gasteiger partial charge in [-0.15, -0.1) is 0 Å². The van der Waals surface area contributed by atoms with E-state index in [1.165, 1.54) is 7.11 Å². The molecule has 0 saturated heterocycles. The number of hydrogen-bond acceptors (Lipinski definition) is 5. The zero-order chi connectivity index (χ0) is 22.8. The van der Waals surface area contributed by atoms with E-state index in [0.717, 1.165) is 0 Å². The number of hydrogen-bond donors (Lipinski definition) is 2. The average molecular weight is 420 g/mol. The van der Waals surface area contributed by atoms with Gasteiger partial charge in [-0.25, -0.2) is 0 Å². The van der Waals surface area contributed by atoms with Crippen LogP contribution in [0.15, 0.2) is 24.4 Å². The van der Waals surface area contributed by atoms with E-state index in [4.69, 9.17) is 4.74 Å². The second-order valence-corrected chi connectivity index (χ2v) is 8.77. The lowest BCUT2D eigenvalue weighted by Gasteiger charge is -2.30. The van der Waals surface area contributed by atoms with Crippen LogP contribution in [0.25, 0.3) is 0 Å². The molecule has 0 fully saturated rings. The van der Waals surface area contributed by atoms with Crippen LogP contribution < -0.4 is 10.6 Å². The Labute approximate surface area is 180 Å². The third-order valence-electron chi connectivity index (χ3n) is 5.19. The van der Waals surface area contributed by atoms with Crippen molar-refractivity contribution < 1.29 is 19.1 Å². The van der Waals surface area contributed by atoms with E-state index in [-0.39, 0.29) is 35.8 Å². The summed E-state index contributed by atoms with van der Waals surface area (Å²) >= 11 is 0. The lowest BCUT2D eigenvalue weighted by Crippen LogP contribution is -2.51. The second-order valence-electron chi connectivity index (χ2n) is 8.77. The first-order valence-electron chi connectivity index (χ1n) is 10.7. The first-order chi connectivity index (χ1) is 14.1. The smallest absolute Gasteiger partial charge is 0.310 e. The van der Waals surface area contributed by atoms with E-state index in [1.807, 2.05) is 27.7 Å². The molecule has 1 aromatic heterocycles. The van der Waals surface area contributed by atoms with E-state index < -0.39 is 11.8 Å². The topological polar surface area (TPSA) is 97.4 Å². The molecule has 0 aliphatic heterocycles. The van der Waals surface area contributed by atoms with Crippen LogP contribution in [0.4, 0.5) is 0 Å². The summed E-state index contributed by atoms with van der Waals surface area (Å²) in [5.41, 5.74) is 0.316. The summed E-state index contributed by atoms with van der Waals surface area (Å²) in [5, 5.41) is 5.99. The summed E-state index contributed by atoms with van der Waals surface area (Å²) in [4.78, 5) is 41.8. The lowest BCUT2D eigenvalue weighted by atomic mass is 9.89. The van der Waals surface area contributed by atoms with Gasteiger partial charge in [0.1, 0.15) is 5.69 Å². The van der Waals surface area contributed by atoms with Gasteiger partial charge in [-0.2, -0.15) is 0 Å². The van der Waals surface area contributed by atoms with Crippen molar-refractivity contribution in [3.63, 3.8) is 0 Å². The van der Waals surface area contributed by atoms with Crippen LogP contribution in [0.3, 0.4) is 0 Å². The van der Waals surface area contributed by atoms with Gasteiger partial charge in [0.25, 0.3) is 5.91 Å². The Bertz CT molecular complexity index is 691. The van der Waals surface area contributed by atoms with Crippen LogP contribution in [0.5, 0.6) is 0 Å². The summed E-state index contributed by atoms with van der Waals surface area (Å²) in [6, 6.07) is 4.45. The standard InChI is InChI=1S/C23H37N3O4/c1-14(2)12-19(26-22(28)18-10-8-9-11-24-18)16(5)21(27)25-20(13-15(3)4)17(6)23(29)30-7/h8-11,14-17,19-20H,12-13H2,1-7H3,(H,25,27)(H,26,28)/t16-,17-,19?,20?/m1/s1. The second kappa shape index (κ2) is 12.3. The van der Waals surface area contributed by atoms with Crippen molar-refractivity contribution in [1.29, 1.82) is 0 Å². The quantitative estimate of drug-likeness (QED) is 0.537. The van der Waals surface area contributed by atoms with E-state index in [9.17, 15) is 14.4 Å². The highest BCUT2D eigenvalue weighted by atomic mass is 16.5. The van der Waals surface area contributed by atoms with Crippen molar-refractivity contribution in [3.05, 3.63) is 30.1 Å². The first-order valence-corrected chi connectivity index (χ1v) is 10.7. The van der Waals surface area contributed by atoms with Crippen molar-refractivity contribution >= 4 is 17.8 Å². The molecule has 7 heteroatoms. The number of pyridine rings is 1. The molecule has 0 aliphatic rings. The van der Waals surface area contributed by atoms with Gasteiger partial charge in [-0.05, 0) is 43.7 Å². The molecular weight excluding hydrogens is 382 g/mol. The van der Waals surface area contributed by atoms with Crippen LogP contribution in [0.1, 0.15) is 64.9 Å². The molecule has 7 nitrogen and oxygen atoms in total. The van der Waals surface area contributed by atoms with E-state index in [2.05, 4.69) is 15.6 Å². The van der Waals surface area contributed by atoms with Crippen LogP contribution in [-0.2, 0) is 14.3 Å². The number of ether oxygens (including phenoxy) is 1. The van der Waals surface area contributed by atoms with Gasteiger partial charge in [0.15, 0.2) is 0 Å². The van der Waals surface area contributed by atoms with Crippen molar-refractivity contribution in [2.24, 2.45) is 23.7 Å². The molecule has 168 valence electrons. The van der Waals surface area contributed by atoms with Gasteiger partial charge in [0, 0.05) is 18.3 Å². The van der Waals surface area contributed by atoms with Crippen LogP contribution >= 0.6 is 0 Å². The summed E-state index contributed by atoms with van der Waals surface area (Å²) in [5.74, 6) is -1.19. The summed E-state index contributed by atoms with van der Waals surface area (Å²) in [6.45, 7) is 11.7. The zero-order valence-corrected chi connectivity index (χ0v) is 19.3. The highest BCUT2D eigenvalue weighted by Gasteiger charge is 2.32. The minimum absolute atomic E-state index is 0.191. The minimum Gasteiger partial charge on any atom is -0.469 e. The van der Waals surface area contributed by atoms with E-state index in [1.54, 1.807) is 38.2 Å². The highest BCUT2D eigenvalue weighted by Crippen LogP contribution is 2.18. The summed E-state index contributed by atoms with van der Waals surface area (Å²) in [6.07, 6.45) is 2.87. The molecule has 2 N–H and O–H groups in total. The van der Waals surface area contributed by atoms with E-state index >= 15 is 0 Å². The molecular formula is C23H37N3O4. The molecule has 30 heavy (non-hydrogen) atoms. The molecule has 1 heterocycles. The average Bonchev–Trinajstić information content (AvgIpc) is 2.70. The number of nitrogens with one attached hydrogen (secondary N) is 2. The van der Waals surface area contributed by atoms with E-state index in [0.29, 0.717) is 24.5 Å². The summed E-state index contributed by atoms with van der Waals surface area (Å²) in [7, 11) is 1.35. The molecule has 4 atom stereocenters. The fourth-order valence-corrected chi connectivity index (χ4v) is 3.38. The third-order valence-corrected chi connectivity index (χ3v) is 5.19. The maximum Gasteiger partial charge on any atom is 0.310 e. The molecule has 2 unspecified atom stereocenters. The van der Waals surface area contributed by atoms with Gasteiger partial charge in [0.2, 0.25) is 5.91 Å². The third kappa shape index (κ3) is 8.13. The number of amides is 2. The maximum absolute atomic E-state index is 13.1. The Morgan fingerprint density at radius 2 is 1.47 bits per heavy atom. The number of carbonyl (C=O) groups excluding carboxylic acids is 3. The molecule has 0 aliphatic carbocycles. The van der Waals surface area contributed by atoms with Crippen molar-refractivity contribution in [1.82, 2.24) is 15.6 Å². The molecule has 0 bridgehead atoms. The SMILES string of the molecule is COC(=O)[C@H](C)C(CC(C)C)NC(=O)[C@H](C)C(CC(C)C)NC(=O)c1ccccn1. The van der Waals surface area contributed by atoms with Gasteiger partial charge in [0.05, 0.1) is 18.9 Å². The van der Waals surface area contributed by atoms with Crippen molar-refractivity contribution in [2.75, 3.05) is 7.11 Å². The Morgan fingerprint density at radius 1 is 0.900 bits per heavy atom. The molecule has 1 rings (SSSR count). The van der Waals surface area contributed by atoms with Gasteiger partial charge in [-0.3, -0.25) is 19.4 Å². The van der Waals surface area contributed by atoms with Gasteiger partial charge in [-0.1, -0.05) is 40.7 Å². The van der Waals surface area contributed by atoms with Crippen LogP contribution in [-0.4, -0.2) is 42.0 Å². The van der Waals surface area contributed by atoms with Gasteiger partial charge >= 0.3 is 5.97 Å². The number of carbonyl (C=O) groups is 3. The van der Waals surface area contributed by atoms with Gasteiger partial charge < -0.3 is 15.4 Å². The first kappa shape index (κ1) is 25.6. The Kier molecular flexibility index (Phi) is 10.5. The molecule has 1 aromatic rings. The highest BCUT2D eigenvalue weighted by molar-refractivity contribution is 5.93. The predicted octanol–water partition coefficient (Wildman–Crippen LogP) is 3.20. The number of aromatic nitrogens is 1. The minimum atomic E-state index is -0.473. The predicted molar refractivity (Wildman–Crippen MR) is 117 cm³/mol. The number of methoxy groups -OCH3 is 1. The zero-order valence-electron chi connectivity index (χ0n) is 19.3. The van der Waals surface area contributed by atoms with Crippen LogP contribution in [0, 0.1) is 23.7 Å². The Hall–Kier alpha value is -2.44. The fraction of sp³-hybridized carbons (Fsp3) is 0.652. The number of esters is 1. The Morgan fingerprint density at radius 3 is 1.93 bits per heavy atom. The normalized spacial score (nSPS) is 15.2. The van der Waals surface area contributed by atoms with Crippen molar-refractivity contribution in [3.8, 4) is 0 Å². The maximum atomic E-state index is 13.1. The molecule has 0 saturated carbocycles.